The number of aromatic nitrogens is 6. The Hall–Kier alpha value is -15.7. The summed E-state index contributed by atoms with van der Waals surface area (Å²) in [4.78, 5) is 83.3. The maximum Gasteiger partial charge on any atom is 0.384 e. The number of aromatic carboxylic acids is 1. The van der Waals surface area contributed by atoms with Crippen molar-refractivity contribution in [3.63, 3.8) is 0 Å². The predicted octanol–water partition coefficient (Wildman–Crippen LogP) is 27.9. The molecule has 17 aromatic rings. The van der Waals surface area contributed by atoms with Crippen molar-refractivity contribution in [3.05, 3.63) is 405 Å². The summed E-state index contributed by atoms with van der Waals surface area (Å²) in [6.45, 7) is 7.23. The molecule has 0 unspecified atom stereocenters. The molecule has 0 bridgehead atoms. The number of esters is 4. The van der Waals surface area contributed by atoms with Gasteiger partial charge in [0, 0.05) is 74.7 Å². The van der Waals surface area contributed by atoms with Gasteiger partial charge in [-0.1, -0.05) is 213 Å². The lowest BCUT2D eigenvalue weighted by Crippen LogP contribution is -2.25. The van der Waals surface area contributed by atoms with E-state index >= 15 is 17.6 Å². The molecule has 2 heterocycles. The molecular formula is C110H84Cl7F6N9O15. The summed E-state index contributed by atoms with van der Waals surface area (Å²) in [5, 5.41) is 40.1. The molecule has 37 heteroatoms. The normalized spacial score (nSPS) is 10.7. The molecule has 0 radical (unpaired) electrons. The smallest absolute Gasteiger partial charge is 0.384 e. The van der Waals surface area contributed by atoms with Crippen LogP contribution in [0.4, 0.5) is 26.3 Å². The first-order chi connectivity index (χ1) is 70.4. The number of azide groups is 1. The number of ether oxygens (including phenoxy) is 7. The van der Waals surface area contributed by atoms with Crippen LogP contribution >= 0.6 is 81.2 Å². The van der Waals surface area contributed by atoms with Crippen LogP contribution in [0.5, 0.6) is 17.2 Å². The van der Waals surface area contributed by atoms with Crippen molar-refractivity contribution in [1.82, 2.24) is 30.0 Å². The van der Waals surface area contributed by atoms with Gasteiger partial charge in [0.15, 0.2) is 17.1 Å². The van der Waals surface area contributed by atoms with E-state index in [9.17, 15) is 42.3 Å². The number of carbonyl (C=O) groups is 7. The molecule has 0 fully saturated rings. The standard InChI is InChI=1S/2C24H20ClF2N3O3.C16H11ClF2O2.C16H11ClO3.C11H6Cl2O.C11H7ClO2.C8H9N3O/c1-3-33-23(31)21-22(28-29-30(21)14-15-4-10-20(32-2)11-5-15)24(26,27)18-8-6-17-13-19(25)9-7-16(17)12-18;1-3-33-23(31)21-22(30(29-28-21)14-15-4-10-20(32-2)11-5-15)24(26,27)18-8-6-17-13-19(25)9-7-16(17)12-18;1-2-21-15(20)7-8-16(18,19)13-5-3-12-10-14(17)6-4-11(12)9-13;1-2-20-16(19)8-7-15(18)13-4-3-12-10-14(17)6-5-11(12)9-13;2*12-10-4-3-7-5-9(11(13)14)2-1-8(7)6-10;1-12-8-4-2-7(3-5-8)6-10-11-9/h2*4-13H,3,14H2,1-2H3;3-6,9-10H,2H2,1H3;3-6,9-10H,2H2,1H3;1-6H;1-6H,(H,13,14);2-5H,6H2,1H3. The van der Waals surface area contributed by atoms with Crippen molar-refractivity contribution in [2.45, 2.75) is 65.1 Å². The Morgan fingerprint density at radius 2 is 0.714 bits per heavy atom. The number of hydrogen-bond donors (Lipinski definition) is 1. The predicted molar refractivity (Wildman–Crippen MR) is 556 cm³/mol. The van der Waals surface area contributed by atoms with Crippen molar-refractivity contribution in [2.75, 3.05) is 47.8 Å². The van der Waals surface area contributed by atoms with Crippen LogP contribution in [0, 0.1) is 23.7 Å². The third kappa shape index (κ3) is 30.9. The molecule has 24 nitrogen and oxygen atoms in total. The van der Waals surface area contributed by atoms with Gasteiger partial charge in [0.2, 0.25) is 5.78 Å². The molecule has 0 saturated carbocycles. The van der Waals surface area contributed by atoms with Crippen molar-refractivity contribution < 1.29 is 98.2 Å². The van der Waals surface area contributed by atoms with E-state index in [4.69, 9.17) is 116 Å². The molecule has 2 aromatic heterocycles. The minimum Gasteiger partial charge on any atom is -0.497 e. The summed E-state index contributed by atoms with van der Waals surface area (Å²) >= 11 is 40.7. The molecule has 0 spiro atoms. The number of benzene rings is 15. The van der Waals surface area contributed by atoms with Crippen LogP contribution in [0.2, 0.25) is 30.1 Å². The highest BCUT2D eigenvalue weighted by Crippen LogP contribution is 2.42. The Morgan fingerprint density at radius 1 is 0.381 bits per heavy atom. The largest absolute Gasteiger partial charge is 0.497 e. The molecule has 0 amide bonds. The summed E-state index contributed by atoms with van der Waals surface area (Å²) < 4.78 is 128. The number of rotatable bonds is 23. The highest BCUT2D eigenvalue weighted by atomic mass is 35.5. The number of ketones is 1. The second-order valence-electron chi connectivity index (χ2n) is 31.1. The van der Waals surface area contributed by atoms with Gasteiger partial charge in [-0.2, -0.15) is 26.3 Å². The minimum atomic E-state index is -3.59. The van der Waals surface area contributed by atoms with E-state index in [2.05, 4.69) is 52.0 Å². The summed E-state index contributed by atoms with van der Waals surface area (Å²) in [5.41, 5.74) is 8.45. The van der Waals surface area contributed by atoms with Gasteiger partial charge in [-0.25, -0.2) is 33.3 Å². The maximum absolute atomic E-state index is 15.9. The number of fused-ring (bicyclic) bond motifs is 6. The summed E-state index contributed by atoms with van der Waals surface area (Å²) in [6.07, 6.45) is 0. The Kier molecular flexibility index (Phi) is 40.0. The van der Waals surface area contributed by atoms with Crippen LogP contribution < -0.4 is 14.2 Å². The lowest BCUT2D eigenvalue weighted by molar-refractivity contribution is -0.137. The topological polar surface area (TPSA) is 315 Å². The molecule has 0 saturated heterocycles. The fourth-order valence-corrected chi connectivity index (χ4v) is 15.2. The van der Waals surface area contributed by atoms with Gasteiger partial charge >= 0.3 is 47.6 Å². The second kappa shape index (κ2) is 52.7. The maximum atomic E-state index is 15.9. The number of alkyl halides is 6. The molecule has 17 rings (SSSR count). The van der Waals surface area contributed by atoms with Gasteiger partial charge in [-0.15, -0.1) is 10.2 Å². The van der Waals surface area contributed by atoms with Crippen molar-refractivity contribution >= 4 is 187 Å². The molecule has 0 aliphatic carbocycles. The third-order valence-electron chi connectivity index (χ3n) is 21.2. The number of carboxylic acids is 1. The van der Waals surface area contributed by atoms with Crippen molar-refractivity contribution in [2.24, 2.45) is 5.11 Å². The average molecular weight is 2130 g/mol. The van der Waals surface area contributed by atoms with E-state index in [-0.39, 0.29) is 56.2 Å². The first kappa shape index (κ1) is 112. The first-order valence-electron chi connectivity index (χ1n) is 44.2. The fraction of sp³-hybridized carbons (Fsp3) is 0.155. The van der Waals surface area contributed by atoms with Gasteiger partial charge in [0.25, 0.3) is 5.24 Å². The van der Waals surface area contributed by atoms with Crippen LogP contribution in [0.3, 0.4) is 0 Å². The van der Waals surface area contributed by atoms with Gasteiger partial charge in [0.1, 0.15) is 22.9 Å². The number of methoxy groups -OCH3 is 3. The van der Waals surface area contributed by atoms with Gasteiger partial charge in [-0.3, -0.25) is 9.59 Å². The van der Waals surface area contributed by atoms with E-state index in [0.29, 0.717) is 86.6 Å². The zero-order chi connectivity index (χ0) is 106. The van der Waals surface area contributed by atoms with Crippen molar-refractivity contribution in [1.29, 1.82) is 0 Å². The fourth-order valence-electron chi connectivity index (χ4n) is 14.0. The molecule has 750 valence electrons. The first-order valence-corrected chi connectivity index (χ1v) is 46.8. The molecule has 15 aromatic carbocycles. The highest BCUT2D eigenvalue weighted by Gasteiger charge is 2.45. The quantitative estimate of drug-likeness (QED) is 0.00531. The van der Waals surface area contributed by atoms with Gasteiger partial charge < -0.3 is 38.3 Å². The number of carboxylic acid groups (broad SMARTS) is 1. The molecular weight excluding hydrogens is 2050 g/mol. The Morgan fingerprint density at radius 3 is 1.12 bits per heavy atom. The van der Waals surface area contributed by atoms with Crippen LogP contribution in [-0.2, 0) is 65.9 Å². The Bertz CT molecular complexity index is 7800. The van der Waals surface area contributed by atoms with Crippen LogP contribution in [0.1, 0.15) is 125 Å². The summed E-state index contributed by atoms with van der Waals surface area (Å²) in [5.74, 6) is -5.52. The Balaban J connectivity index is 0.000000168. The lowest BCUT2D eigenvalue weighted by atomic mass is 9.99. The van der Waals surface area contributed by atoms with Gasteiger partial charge in [0.05, 0.1) is 73.0 Å². The zero-order valence-corrected chi connectivity index (χ0v) is 84.1. The minimum absolute atomic E-state index is 0.0198. The molecule has 0 aliphatic rings. The lowest BCUT2D eigenvalue weighted by Gasteiger charge is -2.19. The zero-order valence-electron chi connectivity index (χ0n) is 78.8. The third-order valence-corrected chi connectivity index (χ3v) is 22.9. The number of nitrogens with zero attached hydrogens (tertiary/aromatic N) is 9. The second-order valence-corrected chi connectivity index (χ2v) is 34.0. The highest BCUT2D eigenvalue weighted by molar-refractivity contribution is 6.67. The number of hydrogen-bond acceptors (Lipinski definition) is 19. The summed E-state index contributed by atoms with van der Waals surface area (Å²) in [6, 6.07) is 80.4. The molecule has 1 N–H and O–H groups in total. The average Bonchev–Trinajstić information content (AvgIpc) is 1.66. The van der Waals surface area contributed by atoms with Crippen LogP contribution in [-0.4, -0.2) is 124 Å². The van der Waals surface area contributed by atoms with Crippen LogP contribution in [0.15, 0.2) is 296 Å². The van der Waals surface area contributed by atoms with E-state index in [1.807, 2.05) is 66.7 Å². The summed E-state index contributed by atoms with van der Waals surface area (Å²) in [7, 11) is 4.69. The molecule has 0 atom stereocenters. The Labute approximate surface area is 872 Å². The van der Waals surface area contributed by atoms with Gasteiger partial charge in [-0.05, 0) is 302 Å². The molecule has 0 aliphatic heterocycles. The van der Waals surface area contributed by atoms with E-state index in [0.717, 1.165) is 74.7 Å². The van der Waals surface area contributed by atoms with E-state index < -0.39 is 81.4 Å². The number of halogens is 13. The van der Waals surface area contributed by atoms with Crippen molar-refractivity contribution in [3.8, 4) is 40.9 Å². The molecule has 147 heavy (non-hydrogen) atoms. The van der Waals surface area contributed by atoms with Crippen LogP contribution in [0.25, 0.3) is 75.1 Å². The van der Waals surface area contributed by atoms with E-state index in [1.165, 1.54) is 49.6 Å². The number of carbonyl (C=O) groups excluding carboxylic acids is 6. The number of Topliss-reactive ketones (excluding diaryl/α,β-unsaturated/α-hetero) is 1. The monoisotopic (exact) mass is 2130 g/mol. The van der Waals surface area contributed by atoms with E-state index in [1.54, 1.807) is 236 Å². The SMILES string of the molecule is CCOC(=O)C#CC(=O)c1ccc2cc(Cl)ccc2c1.CCOC(=O)C#CC(F)(F)c1ccc2cc(Cl)ccc2c1.CCOC(=O)c1c(C(F)(F)c2ccc3cc(Cl)ccc3c2)nnn1Cc1ccc(OC)cc1.CCOC(=O)c1nnn(Cc2ccc(OC)cc2)c1C(F)(F)c1ccc2cc(Cl)ccc2c1.COc1ccc(CN=[N+]=[N-])cc1.O=C(Cl)c1ccc2cc(Cl)ccc2c1.O=C(O)c1ccc2cc(Cl)ccc2c1.